The van der Waals surface area contributed by atoms with Crippen molar-refractivity contribution in [1.82, 2.24) is 0 Å². The first-order valence-corrected chi connectivity index (χ1v) is 4.62. The van der Waals surface area contributed by atoms with E-state index in [0.717, 1.165) is 0 Å². The molecular weight excluding hydrogens is 200 g/mol. The summed E-state index contributed by atoms with van der Waals surface area (Å²) in [6.45, 7) is 5.39. The van der Waals surface area contributed by atoms with E-state index >= 15 is 0 Å². The number of Topliss-reactive ketones (excluding diaryl/α,β-unsaturated/α-hetero) is 1. The summed E-state index contributed by atoms with van der Waals surface area (Å²) in [7, 11) is 0. The molecule has 0 aliphatic rings. The molecule has 0 aromatic carbocycles. The molecule has 0 saturated heterocycles. The van der Waals surface area contributed by atoms with Crippen molar-refractivity contribution >= 4 is 17.7 Å². The minimum atomic E-state index is -1.21. The molecule has 0 aromatic heterocycles. The molecule has 0 radical (unpaired) electrons. The molecule has 1 unspecified atom stereocenters. The molecule has 5 nitrogen and oxygen atoms in total. The minimum Gasteiger partial charge on any atom is -0.466 e. The van der Waals surface area contributed by atoms with E-state index in [1.165, 1.54) is 27.7 Å². The van der Waals surface area contributed by atoms with Crippen molar-refractivity contribution < 1.29 is 23.9 Å². The Kier molecular flexibility index (Phi) is 4.97. The van der Waals surface area contributed by atoms with Crippen LogP contribution in [0, 0.1) is 0 Å². The Hall–Kier alpha value is -1.39. The Balaban J connectivity index is 4.32. The highest BCUT2D eigenvalue weighted by atomic mass is 16.6. The first kappa shape index (κ1) is 13.6. The number of hydrogen-bond acceptors (Lipinski definition) is 5. The van der Waals surface area contributed by atoms with Gasteiger partial charge in [0.15, 0.2) is 11.4 Å². The number of carbonyl (C=O) groups excluding carboxylic acids is 3. The largest absolute Gasteiger partial charge is 0.466 e. The molecule has 0 aliphatic carbocycles. The fraction of sp³-hybridized carbons (Fsp3) is 0.700. The monoisotopic (exact) mass is 216 g/mol. The van der Waals surface area contributed by atoms with E-state index in [9.17, 15) is 14.4 Å². The lowest BCUT2D eigenvalue weighted by Gasteiger charge is -2.25. The molecule has 0 spiro atoms. The first-order valence-electron chi connectivity index (χ1n) is 4.62. The molecule has 86 valence electrons. The second kappa shape index (κ2) is 5.48. The van der Waals surface area contributed by atoms with Gasteiger partial charge in [0.2, 0.25) is 0 Å². The topological polar surface area (TPSA) is 69.7 Å². The van der Waals surface area contributed by atoms with E-state index in [2.05, 4.69) is 4.74 Å². The summed E-state index contributed by atoms with van der Waals surface area (Å²) in [4.78, 5) is 32.5. The Morgan fingerprint density at radius 3 is 1.93 bits per heavy atom. The molecule has 0 rings (SSSR count). The normalized spacial score (nSPS) is 13.9. The average Bonchev–Trinajstić information content (AvgIpc) is 2.01. The molecule has 0 N–H and O–H groups in total. The maximum Gasteiger partial charge on any atom is 0.303 e. The van der Waals surface area contributed by atoms with Crippen molar-refractivity contribution in [2.75, 3.05) is 6.61 Å². The van der Waals surface area contributed by atoms with Crippen LogP contribution >= 0.6 is 0 Å². The van der Waals surface area contributed by atoms with Gasteiger partial charge in [-0.1, -0.05) is 0 Å². The van der Waals surface area contributed by atoms with Crippen LogP contribution in [0.5, 0.6) is 0 Å². The standard InChI is InChI=1S/C10H16O5/c1-7(11)10(4,15-9(3)13)5-6-14-8(2)12/h5-6H2,1-4H3. The van der Waals surface area contributed by atoms with Gasteiger partial charge in [-0.3, -0.25) is 14.4 Å². The molecule has 1 atom stereocenters. The van der Waals surface area contributed by atoms with Gasteiger partial charge in [0.1, 0.15) is 0 Å². The molecule has 0 aliphatic heterocycles. The summed E-state index contributed by atoms with van der Waals surface area (Å²) >= 11 is 0. The van der Waals surface area contributed by atoms with Gasteiger partial charge in [0, 0.05) is 20.3 Å². The Morgan fingerprint density at radius 1 is 1.07 bits per heavy atom. The molecule has 0 amide bonds. The lowest BCUT2D eigenvalue weighted by molar-refractivity contribution is -0.165. The van der Waals surface area contributed by atoms with Crippen molar-refractivity contribution in [2.45, 2.75) is 39.7 Å². The summed E-state index contributed by atoms with van der Waals surface area (Å²) in [5, 5.41) is 0. The molecule has 15 heavy (non-hydrogen) atoms. The third kappa shape index (κ3) is 5.15. The molecular formula is C10H16O5. The Morgan fingerprint density at radius 2 is 1.60 bits per heavy atom. The van der Waals surface area contributed by atoms with Crippen molar-refractivity contribution in [1.29, 1.82) is 0 Å². The van der Waals surface area contributed by atoms with Gasteiger partial charge < -0.3 is 9.47 Å². The third-order valence-corrected chi connectivity index (χ3v) is 2.00. The number of rotatable bonds is 5. The number of esters is 2. The second-order valence-corrected chi connectivity index (χ2v) is 3.47. The van der Waals surface area contributed by atoms with Crippen molar-refractivity contribution in [3.63, 3.8) is 0 Å². The average molecular weight is 216 g/mol. The fourth-order valence-corrected chi connectivity index (χ4v) is 1.01. The lowest BCUT2D eigenvalue weighted by Crippen LogP contribution is -2.39. The number of carbonyl (C=O) groups is 3. The highest BCUT2D eigenvalue weighted by Gasteiger charge is 2.33. The molecule has 0 bridgehead atoms. The van der Waals surface area contributed by atoms with E-state index in [4.69, 9.17) is 4.74 Å². The van der Waals surface area contributed by atoms with Crippen LogP contribution in [0.1, 0.15) is 34.1 Å². The van der Waals surface area contributed by atoms with Gasteiger partial charge in [0.25, 0.3) is 0 Å². The number of ether oxygens (including phenoxy) is 2. The SMILES string of the molecule is CC(=O)OCCC(C)(OC(C)=O)C(C)=O. The highest BCUT2D eigenvalue weighted by Crippen LogP contribution is 2.17. The van der Waals surface area contributed by atoms with Crippen molar-refractivity contribution in [3.8, 4) is 0 Å². The molecule has 0 aromatic rings. The van der Waals surface area contributed by atoms with Gasteiger partial charge in [-0.15, -0.1) is 0 Å². The molecule has 0 heterocycles. The van der Waals surface area contributed by atoms with Gasteiger partial charge >= 0.3 is 11.9 Å². The predicted octanol–water partition coefficient (Wildman–Crippen LogP) is 0.850. The van der Waals surface area contributed by atoms with Gasteiger partial charge in [0.05, 0.1) is 6.61 Å². The summed E-state index contributed by atoms with van der Waals surface area (Å²) < 4.78 is 9.59. The van der Waals surface area contributed by atoms with Gasteiger partial charge in [-0.25, -0.2) is 0 Å². The van der Waals surface area contributed by atoms with E-state index < -0.39 is 17.5 Å². The van der Waals surface area contributed by atoms with Crippen LogP contribution in [0.15, 0.2) is 0 Å². The smallest absolute Gasteiger partial charge is 0.303 e. The van der Waals surface area contributed by atoms with E-state index in [1.54, 1.807) is 0 Å². The van der Waals surface area contributed by atoms with Crippen molar-refractivity contribution in [3.05, 3.63) is 0 Å². The van der Waals surface area contributed by atoms with Gasteiger partial charge in [-0.05, 0) is 13.8 Å². The van der Waals surface area contributed by atoms with E-state index in [0.29, 0.717) is 0 Å². The zero-order valence-electron chi connectivity index (χ0n) is 9.46. The summed E-state index contributed by atoms with van der Waals surface area (Å²) in [5.41, 5.74) is -1.21. The summed E-state index contributed by atoms with van der Waals surface area (Å²) in [6, 6.07) is 0. The maximum atomic E-state index is 11.3. The maximum absolute atomic E-state index is 11.3. The Bertz CT molecular complexity index is 271. The van der Waals surface area contributed by atoms with E-state index in [-0.39, 0.29) is 18.8 Å². The van der Waals surface area contributed by atoms with Gasteiger partial charge in [-0.2, -0.15) is 0 Å². The van der Waals surface area contributed by atoms with Crippen LogP contribution in [0.3, 0.4) is 0 Å². The minimum absolute atomic E-state index is 0.0543. The number of hydrogen-bond donors (Lipinski definition) is 0. The summed E-state index contributed by atoms with van der Waals surface area (Å²) in [5.74, 6) is -1.23. The highest BCUT2D eigenvalue weighted by molar-refractivity contribution is 5.86. The Labute approximate surface area is 88.7 Å². The van der Waals surface area contributed by atoms with Crippen LogP contribution in [0.4, 0.5) is 0 Å². The lowest BCUT2D eigenvalue weighted by atomic mass is 9.98. The molecule has 5 heteroatoms. The third-order valence-electron chi connectivity index (χ3n) is 2.00. The van der Waals surface area contributed by atoms with Crippen molar-refractivity contribution in [2.24, 2.45) is 0 Å². The number of ketones is 1. The van der Waals surface area contributed by atoms with E-state index in [1.807, 2.05) is 0 Å². The van der Waals surface area contributed by atoms with Crippen LogP contribution in [0.25, 0.3) is 0 Å². The molecule has 0 fully saturated rings. The second-order valence-electron chi connectivity index (χ2n) is 3.47. The zero-order chi connectivity index (χ0) is 12.1. The van der Waals surface area contributed by atoms with Crippen LogP contribution in [-0.4, -0.2) is 29.9 Å². The first-order chi connectivity index (χ1) is 6.78. The van der Waals surface area contributed by atoms with Crippen LogP contribution in [-0.2, 0) is 23.9 Å². The zero-order valence-corrected chi connectivity index (χ0v) is 9.46. The predicted molar refractivity (Wildman–Crippen MR) is 52.1 cm³/mol. The van der Waals surface area contributed by atoms with Crippen LogP contribution < -0.4 is 0 Å². The molecule has 0 saturated carbocycles. The summed E-state index contributed by atoms with van der Waals surface area (Å²) in [6.07, 6.45) is 0.168. The fourth-order valence-electron chi connectivity index (χ4n) is 1.01. The van der Waals surface area contributed by atoms with Crippen LogP contribution in [0.2, 0.25) is 0 Å². The quantitative estimate of drug-likeness (QED) is 0.637.